The number of benzene rings is 3. The number of hydrogen-bond acceptors (Lipinski definition) is 6. The lowest BCUT2D eigenvalue weighted by molar-refractivity contribution is -0.118. The predicted molar refractivity (Wildman–Crippen MR) is 121 cm³/mol. The molecule has 0 unspecified atom stereocenters. The van der Waals surface area contributed by atoms with Crippen LogP contribution in [0, 0.1) is 13.8 Å². The van der Waals surface area contributed by atoms with E-state index in [0.29, 0.717) is 23.0 Å². The molecule has 7 nitrogen and oxygen atoms in total. The molecule has 0 saturated carbocycles. The monoisotopic (exact) mass is 429 g/mol. The highest BCUT2D eigenvalue weighted by Crippen LogP contribution is 2.22. The minimum atomic E-state index is -0.240. The highest BCUT2D eigenvalue weighted by atomic mass is 16.5. The van der Waals surface area contributed by atoms with Gasteiger partial charge in [0.15, 0.2) is 13.2 Å². The first-order valence-corrected chi connectivity index (χ1v) is 10.2. The van der Waals surface area contributed by atoms with Crippen LogP contribution in [0.25, 0.3) is 11.4 Å². The third-order valence-electron chi connectivity index (χ3n) is 4.58. The van der Waals surface area contributed by atoms with Gasteiger partial charge in [-0.1, -0.05) is 41.6 Å². The van der Waals surface area contributed by atoms with Crippen LogP contribution in [0.1, 0.15) is 17.0 Å². The maximum absolute atomic E-state index is 12.2. The van der Waals surface area contributed by atoms with E-state index in [1.807, 2.05) is 74.5 Å². The summed E-state index contributed by atoms with van der Waals surface area (Å²) in [5.74, 6) is 1.82. The van der Waals surface area contributed by atoms with Crippen LogP contribution >= 0.6 is 0 Å². The second-order valence-corrected chi connectivity index (χ2v) is 7.35. The first-order valence-electron chi connectivity index (χ1n) is 10.2. The van der Waals surface area contributed by atoms with Gasteiger partial charge in [-0.25, -0.2) is 0 Å². The third-order valence-corrected chi connectivity index (χ3v) is 4.58. The summed E-state index contributed by atoms with van der Waals surface area (Å²) in [5, 5.41) is 6.83. The van der Waals surface area contributed by atoms with Crippen molar-refractivity contribution in [2.45, 2.75) is 20.5 Å². The molecule has 0 aliphatic carbocycles. The van der Waals surface area contributed by atoms with Crippen LogP contribution in [-0.2, 0) is 11.4 Å². The number of ether oxygens (including phenoxy) is 2. The Morgan fingerprint density at radius 2 is 1.62 bits per heavy atom. The largest absolute Gasteiger partial charge is 0.484 e. The first-order chi connectivity index (χ1) is 15.5. The second-order valence-electron chi connectivity index (χ2n) is 7.35. The molecule has 4 aromatic rings. The number of rotatable bonds is 8. The van der Waals surface area contributed by atoms with Gasteiger partial charge in [0.05, 0.1) is 0 Å². The van der Waals surface area contributed by atoms with Gasteiger partial charge in [-0.05, 0) is 61.4 Å². The van der Waals surface area contributed by atoms with Gasteiger partial charge < -0.3 is 19.3 Å². The molecule has 0 bridgehead atoms. The summed E-state index contributed by atoms with van der Waals surface area (Å²) in [6, 6.07) is 22.5. The number of aryl methyl sites for hydroxylation is 2. The molecule has 0 spiro atoms. The van der Waals surface area contributed by atoms with Gasteiger partial charge in [-0.2, -0.15) is 4.98 Å². The first kappa shape index (κ1) is 21.1. The smallest absolute Gasteiger partial charge is 0.264 e. The maximum atomic E-state index is 12.2. The molecule has 0 aliphatic heterocycles. The molecule has 0 aliphatic rings. The van der Waals surface area contributed by atoms with Crippen LogP contribution in [0.4, 0.5) is 5.69 Å². The van der Waals surface area contributed by atoms with Gasteiger partial charge in [0, 0.05) is 11.3 Å². The molecule has 0 radical (unpaired) electrons. The Hall–Kier alpha value is -4.13. The fourth-order valence-corrected chi connectivity index (χ4v) is 3.07. The second kappa shape index (κ2) is 9.78. The number of carbonyl (C=O) groups is 1. The van der Waals surface area contributed by atoms with Crippen LogP contribution in [0.15, 0.2) is 77.3 Å². The van der Waals surface area contributed by atoms with Crippen molar-refractivity contribution < 1.29 is 18.8 Å². The summed E-state index contributed by atoms with van der Waals surface area (Å²) < 4.78 is 16.6. The fourth-order valence-electron chi connectivity index (χ4n) is 3.07. The van der Waals surface area contributed by atoms with Crippen LogP contribution in [-0.4, -0.2) is 22.7 Å². The van der Waals surface area contributed by atoms with E-state index in [9.17, 15) is 4.79 Å². The van der Waals surface area contributed by atoms with E-state index >= 15 is 0 Å². The van der Waals surface area contributed by atoms with Crippen molar-refractivity contribution in [3.63, 3.8) is 0 Å². The summed E-state index contributed by atoms with van der Waals surface area (Å²) in [5.41, 5.74) is 3.63. The van der Waals surface area contributed by atoms with Crippen LogP contribution < -0.4 is 14.8 Å². The van der Waals surface area contributed by atoms with E-state index in [2.05, 4.69) is 15.5 Å². The highest BCUT2D eigenvalue weighted by molar-refractivity contribution is 5.91. The maximum Gasteiger partial charge on any atom is 0.264 e. The highest BCUT2D eigenvalue weighted by Gasteiger charge is 2.11. The molecule has 1 N–H and O–H groups in total. The van der Waals surface area contributed by atoms with Crippen molar-refractivity contribution in [2.24, 2.45) is 0 Å². The molecule has 0 fully saturated rings. The minimum Gasteiger partial charge on any atom is -0.484 e. The zero-order valence-electron chi connectivity index (χ0n) is 17.9. The number of nitrogens with zero attached hydrogens (tertiary/aromatic N) is 2. The van der Waals surface area contributed by atoms with E-state index < -0.39 is 0 Å². The Labute approximate surface area is 186 Å². The van der Waals surface area contributed by atoms with Crippen molar-refractivity contribution in [3.8, 4) is 22.9 Å². The van der Waals surface area contributed by atoms with Gasteiger partial charge in [0.1, 0.15) is 11.5 Å². The van der Waals surface area contributed by atoms with Gasteiger partial charge >= 0.3 is 0 Å². The Bertz CT molecular complexity index is 1220. The summed E-state index contributed by atoms with van der Waals surface area (Å²) in [6.07, 6.45) is 0. The lowest BCUT2D eigenvalue weighted by Crippen LogP contribution is -2.20. The molecule has 1 aromatic heterocycles. The van der Waals surface area contributed by atoms with E-state index in [4.69, 9.17) is 14.0 Å². The van der Waals surface area contributed by atoms with E-state index in [1.165, 1.54) is 0 Å². The quantitative estimate of drug-likeness (QED) is 0.426. The van der Waals surface area contributed by atoms with Crippen LogP contribution in [0.3, 0.4) is 0 Å². The molecule has 3 aromatic carbocycles. The molecular weight excluding hydrogens is 406 g/mol. The topological polar surface area (TPSA) is 86.5 Å². The van der Waals surface area contributed by atoms with Gasteiger partial charge in [0.25, 0.3) is 11.8 Å². The Kier molecular flexibility index (Phi) is 6.46. The average Bonchev–Trinajstić information content (AvgIpc) is 3.26. The van der Waals surface area contributed by atoms with Gasteiger partial charge in [0.2, 0.25) is 5.82 Å². The van der Waals surface area contributed by atoms with Crippen molar-refractivity contribution >= 4 is 11.6 Å². The summed E-state index contributed by atoms with van der Waals surface area (Å²) in [6.45, 7) is 4.03. The summed E-state index contributed by atoms with van der Waals surface area (Å²) >= 11 is 0. The molecule has 7 heteroatoms. The molecule has 32 heavy (non-hydrogen) atoms. The zero-order chi connectivity index (χ0) is 22.3. The van der Waals surface area contributed by atoms with E-state index in [1.54, 1.807) is 12.1 Å². The summed E-state index contributed by atoms with van der Waals surface area (Å²) in [7, 11) is 0. The number of hydrogen-bond donors (Lipinski definition) is 1. The summed E-state index contributed by atoms with van der Waals surface area (Å²) in [4.78, 5) is 16.6. The lowest BCUT2D eigenvalue weighted by atomic mass is 10.2. The van der Waals surface area contributed by atoms with Crippen LogP contribution in [0.2, 0.25) is 0 Å². The molecule has 1 amide bonds. The van der Waals surface area contributed by atoms with Crippen molar-refractivity contribution in [1.29, 1.82) is 0 Å². The van der Waals surface area contributed by atoms with Crippen molar-refractivity contribution in [2.75, 3.05) is 11.9 Å². The Balaban J connectivity index is 1.34. The molecular formula is C25H23N3O4. The van der Waals surface area contributed by atoms with Gasteiger partial charge in [-0.3, -0.25) is 4.79 Å². The Morgan fingerprint density at radius 1 is 0.906 bits per heavy atom. The Morgan fingerprint density at radius 3 is 2.41 bits per heavy atom. The molecule has 4 rings (SSSR count). The van der Waals surface area contributed by atoms with Gasteiger partial charge in [-0.15, -0.1) is 0 Å². The van der Waals surface area contributed by atoms with E-state index in [0.717, 1.165) is 22.6 Å². The molecule has 162 valence electrons. The fraction of sp³-hybridized carbons (Fsp3) is 0.160. The number of anilines is 1. The third kappa shape index (κ3) is 5.72. The number of amides is 1. The lowest BCUT2D eigenvalue weighted by Gasteiger charge is -2.08. The SMILES string of the molecule is Cc1cccc(NC(=O)COc2cccc(-c3noc(COc4cccc(C)c4)n3)c2)c1. The normalized spacial score (nSPS) is 10.6. The molecule has 1 heterocycles. The number of nitrogens with one attached hydrogen (secondary N) is 1. The molecule has 0 atom stereocenters. The van der Waals surface area contributed by atoms with Crippen molar-refractivity contribution in [3.05, 3.63) is 89.8 Å². The number of carbonyl (C=O) groups excluding carboxylic acids is 1. The van der Waals surface area contributed by atoms with E-state index in [-0.39, 0.29) is 19.1 Å². The number of aromatic nitrogens is 2. The van der Waals surface area contributed by atoms with Crippen molar-refractivity contribution in [1.82, 2.24) is 10.1 Å². The average molecular weight is 429 g/mol. The zero-order valence-corrected chi connectivity index (χ0v) is 17.9. The molecule has 0 saturated heterocycles. The minimum absolute atomic E-state index is 0.112. The predicted octanol–water partition coefficient (Wildman–Crippen LogP) is 4.95. The van der Waals surface area contributed by atoms with Crippen LogP contribution in [0.5, 0.6) is 11.5 Å². The standard InChI is InChI=1S/C25H23N3O4/c1-17-6-3-9-20(12-17)26-23(29)15-30-22-11-5-8-19(14-22)25-27-24(32-28-25)16-31-21-10-4-7-18(2)13-21/h3-14H,15-16H2,1-2H3,(H,26,29).